The van der Waals surface area contributed by atoms with Gasteiger partial charge in [0.2, 0.25) is 0 Å². The summed E-state index contributed by atoms with van der Waals surface area (Å²) in [7, 11) is 0. The molecule has 3 aromatic rings. The number of phenols is 1. The first-order chi connectivity index (χ1) is 14.4. The second-order valence-corrected chi connectivity index (χ2v) is 7.93. The third-order valence-corrected chi connectivity index (χ3v) is 5.08. The van der Waals surface area contributed by atoms with E-state index in [4.69, 9.17) is 16.3 Å². The van der Waals surface area contributed by atoms with Gasteiger partial charge < -0.3 is 15.2 Å². The summed E-state index contributed by atoms with van der Waals surface area (Å²) in [6, 6.07) is 20.9. The van der Waals surface area contributed by atoms with Crippen LogP contribution in [-0.4, -0.2) is 11.0 Å². The molecular formula is C23H16ClIN2O3. The second-order valence-electron chi connectivity index (χ2n) is 6.28. The second kappa shape index (κ2) is 10.1. The maximum atomic E-state index is 12.3. The molecule has 0 saturated heterocycles. The van der Waals surface area contributed by atoms with Crippen LogP contribution in [-0.2, 0) is 11.4 Å². The molecule has 1 amide bonds. The van der Waals surface area contributed by atoms with E-state index in [2.05, 4.69) is 27.9 Å². The highest BCUT2D eigenvalue weighted by molar-refractivity contribution is 14.1. The number of hydrogen-bond donors (Lipinski definition) is 2. The highest BCUT2D eigenvalue weighted by Crippen LogP contribution is 2.27. The van der Waals surface area contributed by atoms with Crippen molar-refractivity contribution in [2.75, 3.05) is 5.32 Å². The van der Waals surface area contributed by atoms with Crippen molar-refractivity contribution < 1.29 is 14.6 Å². The lowest BCUT2D eigenvalue weighted by molar-refractivity contribution is -0.112. The van der Waals surface area contributed by atoms with Gasteiger partial charge in [0.1, 0.15) is 29.7 Å². The Morgan fingerprint density at radius 3 is 2.47 bits per heavy atom. The van der Waals surface area contributed by atoms with E-state index >= 15 is 0 Å². The van der Waals surface area contributed by atoms with Crippen molar-refractivity contribution in [1.82, 2.24) is 0 Å². The molecule has 0 bridgehead atoms. The van der Waals surface area contributed by atoms with Gasteiger partial charge in [-0.15, -0.1) is 0 Å². The summed E-state index contributed by atoms with van der Waals surface area (Å²) >= 11 is 8.55. The van der Waals surface area contributed by atoms with Crippen LogP contribution in [0, 0.1) is 14.9 Å². The first-order valence-corrected chi connectivity index (χ1v) is 10.3. The minimum absolute atomic E-state index is 0.0771. The number of anilines is 1. The van der Waals surface area contributed by atoms with Crippen molar-refractivity contribution in [3.63, 3.8) is 0 Å². The van der Waals surface area contributed by atoms with Gasteiger partial charge in [0.05, 0.1) is 5.02 Å². The van der Waals surface area contributed by atoms with Gasteiger partial charge in [0, 0.05) is 9.26 Å². The number of ether oxygens (including phenoxy) is 1. The summed E-state index contributed by atoms with van der Waals surface area (Å²) in [5.74, 6) is 0.0424. The number of halogens is 2. The van der Waals surface area contributed by atoms with Crippen molar-refractivity contribution in [3.05, 3.63) is 92.0 Å². The fourth-order valence-corrected chi connectivity index (χ4v) is 3.13. The van der Waals surface area contributed by atoms with Gasteiger partial charge in [-0.3, -0.25) is 4.79 Å². The summed E-state index contributed by atoms with van der Waals surface area (Å²) in [6.45, 7) is 0.379. The van der Waals surface area contributed by atoms with Gasteiger partial charge in [-0.25, -0.2) is 0 Å². The number of benzene rings is 3. The normalized spacial score (nSPS) is 10.9. The molecule has 0 heterocycles. The predicted octanol–water partition coefficient (Wildman–Crippen LogP) is 5.77. The van der Waals surface area contributed by atoms with Crippen LogP contribution in [0.3, 0.4) is 0 Å². The van der Waals surface area contributed by atoms with Gasteiger partial charge in [-0.1, -0.05) is 29.8 Å². The van der Waals surface area contributed by atoms with E-state index in [9.17, 15) is 15.2 Å². The number of aromatic hydroxyl groups is 1. The van der Waals surface area contributed by atoms with E-state index in [0.717, 1.165) is 9.13 Å². The molecule has 3 rings (SSSR count). The molecule has 2 N–H and O–H groups in total. The lowest BCUT2D eigenvalue weighted by Gasteiger charge is -2.09. The molecule has 0 aliphatic heterocycles. The quantitative estimate of drug-likeness (QED) is 0.183. The summed E-state index contributed by atoms with van der Waals surface area (Å²) in [6.07, 6.45) is 1.45. The standard InChI is InChI=1S/C23H16ClIN2O3/c24-21-12-16(3-10-22(21)30-14-15-1-4-18(25)5-2-15)11-17(13-26)23(29)27-19-6-8-20(28)9-7-19/h1-12,28H,14H2,(H,27,29)/b17-11+. The highest BCUT2D eigenvalue weighted by atomic mass is 127. The third kappa shape index (κ3) is 5.99. The lowest BCUT2D eigenvalue weighted by Crippen LogP contribution is -2.13. The van der Waals surface area contributed by atoms with Crippen LogP contribution in [0.15, 0.2) is 72.3 Å². The Labute approximate surface area is 192 Å². The Hall–Kier alpha value is -3.02. The Morgan fingerprint density at radius 1 is 1.13 bits per heavy atom. The van der Waals surface area contributed by atoms with E-state index in [1.807, 2.05) is 30.3 Å². The lowest BCUT2D eigenvalue weighted by atomic mass is 10.1. The average Bonchev–Trinajstić information content (AvgIpc) is 2.74. The molecule has 7 heteroatoms. The predicted molar refractivity (Wildman–Crippen MR) is 125 cm³/mol. The molecule has 0 radical (unpaired) electrons. The van der Waals surface area contributed by atoms with Crippen molar-refractivity contribution in [1.29, 1.82) is 5.26 Å². The average molecular weight is 531 g/mol. The molecule has 0 aromatic heterocycles. The van der Waals surface area contributed by atoms with E-state index in [1.165, 1.54) is 18.2 Å². The molecule has 0 saturated carbocycles. The molecular weight excluding hydrogens is 515 g/mol. The first kappa shape index (κ1) is 21.7. The fraction of sp³-hybridized carbons (Fsp3) is 0.0435. The number of nitrogens with zero attached hydrogens (tertiary/aromatic N) is 1. The van der Waals surface area contributed by atoms with Crippen LogP contribution in [0.2, 0.25) is 5.02 Å². The number of nitriles is 1. The van der Waals surface area contributed by atoms with Gasteiger partial charge in [0.25, 0.3) is 5.91 Å². The monoisotopic (exact) mass is 530 g/mol. The molecule has 0 fully saturated rings. The highest BCUT2D eigenvalue weighted by Gasteiger charge is 2.11. The Kier molecular flexibility index (Phi) is 7.33. The number of amides is 1. The zero-order valence-corrected chi connectivity index (χ0v) is 18.5. The Morgan fingerprint density at radius 2 is 1.83 bits per heavy atom. The number of hydrogen-bond acceptors (Lipinski definition) is 4. The van der Waals surface area contributed by atoms with Crippen LogP contribution >= 0.6 is 34.2 Å². The molecule has 0 aliphatic carbocycles. The van der Waals surface area contributed by atoms with E-state index in [-0.39, 0.29) is 11.3 Å². The minimum Gasteiger partial charge on any atom is -0.508 e. The maximum Gasteiger partial charge on any atom is 0.266 e. The number of carbonyl (C=O) groups excluding carboxylic acids is 1. The molecule has 0 atom stereocenters. The van der Waals surface area contributed by atoms with Crippen molar-refractivity contribution in [3.8, 4) is 17.6 Å². The number of carbonyl (C=O) groups is 1. The third-order valence-electron chi connectivity index (χ3n) is 4.06. The number of rotatable bonds is 6. The SMILES string of the molecule is N#C/C(=C\c1ccc(OCc2ccc(I)cc2)c(Cl)c1)C(=O)Nc1ccc(O)cc1. The molecule has 30 heavy (non-hydrogen) atoms. The summed E-state index contributed by atoms with van der Waals surface area (Å²) in [5, 5.41) is 21.6. The van der Waals surface area contributed by atoms with Gasteiger partial charge in [-0.05, 0) is 88.3 Å². The van der Waals surface area contributed by atoms with Crippen LogP contribution < -0.4 is 10.1 Å². The smallest absolute Gasteiger partial charge is 0.266 e. The van der Waals surface area contributed by atoms with Crippen LogP contribution in [0.5, 0.6) is 11.5 Å². The van der Waals surface area contributed by atoms with Crippen LogP contribution in [0.1, 0.15) is 11.1 Å². The van der Waals surface area contributed by atoms with E-state index in [1.54, 1.807) is 30.3 Å². The molecule has 0 unspecified atom stereocenters. The van der Waals surface area contributed by atoms with Crippen LogP contribution in [0.4, 0.5) is 5.69 Å². The fourth-order valence-electron chi connectivity index (χ4n) is 2.52. The summed E-state index contributed by atoms with van der Waals surface area (Å²) in [5.41, 5.74) is 2.01. The van der Waals surface area contributed by atoms with E-state index in [0.29, 0.717) is 28.6 Å². The summed E-state index contributed by atoms with van der Waals surface area (Å²) in [4.78, 5) is 12.3. The largest absolute Gasteiger partial charge is 0.508 e. The van der Waals surface area contributed by atoms with Crippen molar-refractivity contribution in [2.24, 2.45) is 0 Å². The zero-order chi connectivity index (χ0) is 21.5. The Balaban J connectivity index is 1.69. The van der Waals surface area contributed by atoms with E-state index < -0.39 is 5.91 Å². The first-order valence-electron chi connectivity index (χ1n) is 8.83. The molecule has 0 aliphatic rings. The van der Waals surface area contributed by atoms with Crippen molar-refractivity contribution in [2.45, 2.75) is 6.61 Å². The number of phenolic OH excluding ortho intramolecular Hbond substituents is 1. The minimum atomic E-state index is -0.557. The summed E-state index contributed by atoms with van der Waals surface area (Å²) < 4.78 is 6.91. The van der Waals surface area contributed by atoms with Gasteiger partial charge in [0.15, 0.2) is 0 Å². The number of nitrogens with one attached hydrogen (secondary N) is 1. The molecule has 0 spiro atoms. The molecule has 5 nitrogen and oxygen atoms in total. The van der Waals surface area contributed by atoms with Gasteiger partial charge >= 0.3 is 0 Å². The zero-order valence-electron chi connectivity index (χ0n) is 15.6. The molecule has 150 valence electrons. The Bertz CT molecular complexity index is 1120. The van der Waals surface area contributed by atoms with Crippen molar-refractivity contribution >= 4 is 51.9 Å². The topological polar surface area (TPSA) is 82.3 Å². The van der Waals surface area contributed by atoms with Crippen LogP contribution in [0.25, 0.3) is 6.08 Å². The van der Waals surface area contributed by atoms with Gasteiger partial charge in [-0.2, -0.15) is 5.26 Å². The maximum absolute atomic E-state index is 12.3. The molecule has 3 aromatic carbocycles.